The zero-order valence-electron chi connectivity index (χ0n) is 18.7. The van der Waals surface area contributed by atoms with Crippen molar-refractivity contribution < 1.29 is 13.2 Å². The molecule has 0 bridgehead atoms. The number of rotatable bonds is 6. The molecule has 1 fully saturated rings. The molecule has 10 heteroatoms. The quantitative estimate of drug-likeness (QED) is 0.686. The van der Waals surface area contributed by atoms with Crippen LogP contribution in [0, 0.1) is 26.7 Å². The van der Waals surface area contributed by atoms with E-state index in [9.17, 15) is 13.2 Å². The molecule has 1 aliphatic heterocycles. The molecule has 0 spiro atoms. The van der Waals surface area contributed by atoms with E-state index in [4.69, 9.17) is 0 Å². The number of aryl methyl sites for hydroxylation is 3. The Labute approximate surface area is 178 Å². The highest BCUT2D eigenvalue weighted by Crippen LogP contribution is 2.27. The molecule has 0 saturated carbocycles. The molecule has 0 radical (unpaired) electrons. The van der Waals surface area contributed by atoms with Gasteiger partial charge in [0.25, 0.3) is 0 Å². The zero-order chi connectivity index (χ0) is 22.2. The highest BCUT2D eigenvalue weighted by molar-refractivity contribution is 7.89. The Kier molecular flexibility index (Phi) is 6.37. The summed E-state index contributed by atoms with van der Waals surface area (Å²) >= 11 is 0. The molecule has 3 rings (SSSR count). The third-order valence-corrected chi connectivity index (χ3v) is 8.11. The number of nitrogens with zero attached hydrogens (tertiary/aromatic N) is 6. The van der Waals surface area contributed by atoms with Gasteiger partial charge in [0.15, 0.2) is 0 Å². The first-order valence-corrected chi connectivity index (χ1v) is 11.8. The summed E-state index contributed by atoms with van der Waals surface area (Å²) in [7, 11) is -0.171. The van der Waals surface area contributed by atoms with Gasteiger partial charge in [0.1, 0.15) is 4.90 Å². The summed E-state index contributed by atoms with van der Waals surface area (Å²) in [6.45, 7) is 9.63. The van der Waals surface area contributed by atoms with Crippen molar-refractivity contribution in [2.75, 3.05) is 20.1 Å². The van der Waals surface area contributed by atoms with Crippen molar-refractivity contribution in [3.8, 4) is 0 Å². The summed E-state index contributed by atoms with van der Waals surface area (Å²) < 4.78 is 31.1. The number of hydrogen-bond donors (Lipinski definition) is 0. The molecule has 0 aliphatic carbocycles. The minimum atomic E-state index is -3.67. The molecule has 1 amide bonds. The second-order valence-corrected chi connectivity index (χ2v) is 9.99. The van der Waals surface area contributed by atoms with Crippen LogP contribution in [0.1, 0.15) is 42.4 Å². The van der Waals surface area contributed by atoms with Gasteiger partial charge < -0.3 is 4.90 Å². The smallest absolute Gasteiger partial charge is 0.246 e. The molecule has 1 atom stereocenters. The number of sulfonamides is 1. The fraction of sp³-hybridized carbons (Fsp3) is 0.650. The Morgan fingerprint density at radius 1 is 1.27 bits per heavy atom. The maximum atomic E-state index is 13.1. The maximum Gasteiger partial charge on any atom is 0.246 e. The molecule has 166 valence electrons. The van der Waals surface area contributed by atoms with Gasteiger partial charge in [-0.2, -0.15) is 14.5 Å². The van der Waals surface area contributed by atoms with Crippen molar-refractivity contribution >= 4 is 15.9 Å². The van der Waals surface area contributed by atoms with Gasteiger partial charge in [-0.1, -0.05) is 0 Å². The summed E-state index contributed by atoms with van der Waals surface area (Å²) in [5.41, 5.74) is 3.64. The molecule has 2 aromatic heterocycles. The van der Waals surface area contributed by atoms with E-state index in [1.54, 1.807) is 30.6 Å². The van der Waals surface area contributed by atoms with Crippen LogP contribution in [-0.2, 0) is 35.0 Å². The van der Waals surface area contributed by atoms with Crippen LogP contribution in [-0.4, -0.2) is 63.2 Å². The van der Waals surface area contributed by atoms with Gasteiger partial charge in [-0.25, -0.2) is 8.42 Å². The Bertz CT molecular complexity index is 1040. The lowest BCUT2D eigenvalue weighted by molar-refractivity contribution is -0.135. The lowest BCUT2D eigenvalue weighted by Crippen LogP contribution is -2.45. The van der Waals surface area contributed by atoms with Crippen molar-refractivity contribution in [2.24, 2.45) is 13.0 Å². The van der Waals surface area contributed by atoms with Crippen LogP contribution >= 0.6 is 0 Å². The van der Waals surface area contributed by atoms with Gasteiger partial charge in [-0.15, -0.1) is 0 Å². The van der Waals surface area contributed by atoms with Crippen LogP contribution in [0.15, 0.2) is 11.1 Å². The van der Waals surface area contributed by atoms with E-state index in [2.05, 4.69) is 10.2 Å². The minimum Gasteiger partial charge on any atom is -0.341 e. The normalized spacial score (nSPS) is 18.0. The van der Waals surface area contributed by atoms with Gasteiger partial charge in [-0.3, -0.25) is 14.2 Å². The molecule has 2 aromatic rings. The number of aromatic nitrogens is 4. The van der Waals surface area contributed by atoms with E-state index in [0.717, 1.165) is 23.5 Å². The summed E-state index contributed by atoms with van der Waals surface area (Å²) in [5, 5.41) is 8.58. The van der Waals surface area contributed by atoms with Crippen LogP contribution < -0.4 is 0 Å². The van der Waals surface area contributed by atoms with Crippen molar-refractivity contribution in [3.63, 3.8) is 0 Å². The fourth-order valence-electron chi connectivity index (χ4n) is 4.13. The highest BCUT2D eigenvalue weighted by atomic mass is 32.2. The molecule has 9 nitrogen and oxygen atoms in total. The molecule has 0 aromatic carbocycles. The van der Waals surface area contributed by atoms with Crippen molar-refractivity contribution in [3.05, 3.63) is 28.8 Å². The number of hydrogen-bond acceptors (Lipinski definition) is 5. The molecular weight excluding hydrogens is 404 g/mol. The average Bonchev–Trinajstić information content (AvgIpc) is 3.20. The van der Waals surface area contributed by atoms with Gasteiger partial charge in [0.05, 0.1) is 23.5 Å². The summed E-state index contributed by atoms with van der Waals surface area (Å²) in [5.74, 6) is -0.377. The van der Waals surface area contributed by atoms with Crippen LogP contribution in [0.5, 0.6) is 0 Å². The number of carbonyl (C=O) groups excluding carboxylic acids is 1. The molecular formula is C20H32N6O3S. The lowest BCUT2D eigenvalue weighted by Gasteiger charge is -2.33. The zero-order valence-corrected chi connectivity index (χ0v) is 19.5. The van der Waals surface area contributed by atoms with E-state index in [1.807, 2.05) is 25.5 Å². The van der Waals surface area contributed by atoms with E-state index in [1.165, 1.54) is 10.5 Å². The Morgan fingerprint density at radius 3 is 2.53 bits per heavy atom. The summed E-state index contributed by atoms with van der Waals surface area (Å²) in [6, 6.07) is 0. The first kappa shape index (κ1) is 22.5. The monoisotopic (exact) mass is 436 g/mol. The van der Waals surface area contributed by atoms with E-state index < -0.39 is 10.0 Å². The van der Waals surface area contributed by atoms with E-state index >= 15 is 0 Å². The molecule has 30 heavy (non-hydrogen) atoms. The van der Waals surface area contributed by atoms with Gasteiger partial charge in [0.2, 0.25) is 15.9 Å². The second kappa shape index (κ2) is 8.50. The predicted molar refractivity (Wildman–Crippen MR) is 113 cm³/mol. The third-order valence-electron chi connectivity index (χ3n) is 6.14. The van der Waals surface area contributed by atoms with Crippen molar-refractivity contribution in [1.82, 2.24) is 28.8 Å². The van der Waals surface area contributed by atoms with E-state index in [0.29, 0.717) is 31.6 Å². The second-order valence-electron chi connectivity index (χ2n) is 8.08. The molecule has 1 saturated heterocycles. The average molecular weight is 437 g/mol. The number of carbonyl (C=O) groups is 1. The molecule has 1 aliphatic rings. The van der Waals surface area contributed by atoms with Gasteiger partial charge in [0, 0.05) is 51.5 Å². The predicted octanol–water partition coefficient (Wildman–Crippen LogP) is 1.62. The first-order chi connectivity index (χ1) is 14.1. The molecule has 0 N–H and O–H groups in total. The fourth-order valence-corrected chi connectivity index (χ4v) is 5.84. The first-order valence-electron chi connectivity index (χ1n) is 10.3. The van der Waals surface area contributed by atoms with Gasteiger partial charge in [-0.05, 0) is 40.5 Å². The Balaban J connectivity index is 1.74. The molecule has 3 heterocycles. The maximum absolute atomic E-state index is 13.1. The SMILES string of the molecule is CCn1nc(C)c(CN(C)C(=O)[C@@H]2CCCN(S(=O)(=O)c3cnn(C)c3C)C2)c1C. The third kappa shape index (κ3) is 4.02. The van der Waals surface area contributed by atoms with Crippen LogP contribution in [0.3, 0.4) is 0 Å². The summed E-state index contributed by atoms with van der Waals surface area (Å²) in [6.07, 6.45) is 2.74. The van der Waals surface area contributed by atoms with Crippen LogP contribution in [0.2, 0.25) is 0 Å². The number of piperidine rings is 1. The van der Waals surface area contributed by atoms with Crippen LogP contribution in [0.4, 0.5) is 0 Å². The van der Waals surface area contributed by atoms with Crippen molar-refractivity contribution in [2.45, 2.75) is 58.5 Å². The highest BCUT2D eigenvalue weighted by Gasteiger charge is 2.36. The van der Waals surface area contributed by atoms with Gasteiger partial charge >= 0.3 is 0 Å². The Morgan fingerprint density at radius 2 is 1.97 bits per heavy atom. The number of amides is 1. The van der Waals surface area contributed by atoms with E-state index in [-0.39, 0.29) is 23.3 Å². The van der Waals surface area contributed by atoms with Crippen molar-refractivity contribution in [1.29, 1.82) is 0 Å². The topological polar surface area (TPSA) is 93.3 Å². The largest absolute Gasteiger partial charge is 0.341 e. The van der Waals surface area contributed by atoms with Crippen LogP contribution in [0.25, 0.3) is 0 Å². The minimum absolute atomic E-state index is 0.0270. The Hall–Kier alpha value is -2.20. The molecule has 0 unspecified atom stereocenters. The lowest BCUT2D eigenvalue weighted by atomic mass is 9.98. The summed E-state index contributed by atoms with van der Waals surface area (Å²) in [4.78, 5) is 15.1. The standard InChI is InChI=1S/C20H32N6O3S/c1-7-26-15(3)18(14(2)22-26)13-23(5)20(27)17-9-8-10-25(12-17)30(28,29)19-11-21-24(6)16(19)4/h11,17H,7-10,12-13H2,1-6H3/t17-/m1/s1.